The van der Waals surface area contributed by atoms with Crippen molar-refractivity contribution in [2.75, 3.05) is 24.1 Å². The Bertz CT molecular complexity index is 439. The van der Waals surface area contributed by atoms with Crippen molar-refractivity contribution in [3.8, 4) is 0 Å². The molecule has 1 atom stereocenters. The molecule has 2 rings (SSSR count). The van der Waals surface area contributed by atoms with Crippen molar-refractivity contribution in [3.63, 3.8) is 0 Å². The molecule has 1 aromatic carbocycles. The number of aryl methyl sites for hydroxylation is 1. The van der Waals surface area contributed by atoms with Gasteiger partial charge in [0.25, 0.3) is 0 Å². The molecule has 1 amide bonds. The Kier molecular flexibility index (Phi) is 3.75. The summed E-state index contributed by atoms with van der Waals surface area (Å²) in [4.78, 5) is 14.1. The van der Waals surface area contributed by atoms with Crippen LogP contribution in [0.4, 0.5) is 11.4 Å². The Labute approximate surface area is 108 Å². The minimum Gasteiger partial charge on any atom is -0.399 e. The Morgan fingerprint density at radius 2 is 2.06 bits per heavy atom. The molecule has 0 aromatic heterocycles. The number of nitrogen functional groups attached to an aromatic ring is 1. The molecule has 0 radical (unpaired) electrons. The number of anilines is 2. The van der Waals surface area contributed by atoms with Gasteiger partial charge in [0.1, 0.15) is 6.04 Å². The number of amides is 1. The van der Waals surface area contributed by atoms with E-state index in [1.165, 1.54) is 0 Å². The standard InChI is InChI=1S/C14H21N3O/c1-10-9-12(15)5-6-13(10)16-11(2)14(18)17-7-3-4-8-17/h5-6,9,11,16H,3-4,7-8,15H2,1-2H3. The molecular weight excluding hydrogens is 226 g/mol. The van der Waals surface area contributed by atoms with E-state index in [1.807, 2.05) is 36.9 Å². The molecule has 1 aliphatic heterocycles. The van der Waals surface area contributed by atoms with Crippen molar-refractivity contribution in [2.45, 2.75) is 32.7 Å². The van der Waals surface area contributed by atoms with E-state index in [9.17, 15) is 4.79 Å². The summed E-state index contributed by atoms with van der Waals surface area (Å²) in [6.07, 6.45) is 2.25. The van der Waals surface area contributed by atoms with E-state index in [0.717, 1.165) is 42.9 Å². The number of nitrogens with one attached hydrogen (secondary N) is 1. The monoisotopic (exact) mass is 247 g/mol. The van der Waals surface area contributed by atoms with E-state index in [1.54, 1.807) is 0 Å². The van der Waals surface area contributed by atoms with Gasteiger partial charge in [-0.3, -0.25) is 4.79 Å². The van der Waals surface area contributed by atoms with Gasteiger partial charge in [0.05, 0.1) is 0 Å². The lowest BCUT2D eigenvalue weighted by Gasteiger charge is -2.22. The van der Waals surface area contributed by atoms with E-state index in [0.29, 0.717) is 0 Å². The average Bonchev–Trinajstić information content (AvgIpc) is 2.85. The number of carbonyl (C=O) groups is 1. The summed E-state index contributed by atoms with van der Waals surface area (Å²) in [5.74, 6) is 0.184. The quantitative estimate of drug-likeness (QED) is 0.803. The van der Waals surface area contributed by atoms with E-state index in [-0.39, 0.29) is 11.9 Å². The number of benzene rings is 1. The van der Waals surface area contributed by atoms with Crippen LogP contribution in [0.3, 0.4) is 0 Å². The van der Waals surface area contributed by atoms with Crippen LogP contribution in [0.15, 0.2) is 18.2 Å². The van der Waals surface area contributed by atoms with Crippen LogP contribution in [0.5, 0.6) is 0 Å². The number of rotatable bonds is 3. The fraction of sp³-hybridized carbons (Fsp3) is 0.500. The van der Waals surface area contributed by atoms with Gasteiger partial charge in [-0.15, -0.1) is 0 Å². The number of carbonyl (C=O) groups excluding carboxylic acids is 1. The fourth-order valence-corrected chi connectivity index (χ4v) is 2.36. The summed E-state index contributed by atoms with van der Waals surface area (Å²) >= 11 is 0. The maximum atomic E-state index is 12.2. The van der Waals surface area contributed by atoms with Crippen LogP contribution in [-0.4, -0.2) is 29.9 Å². The molecule has 0 aliphatic carbocycles. The summed E-state index contributed by atoms with van der Waals surface area (Å²) in [5.41, 5.74) is 8.50. The lowest BCUT2D eigenvalue weighted by atomic mass is 10.1. The molecule has 0 bridgehead atoms. The summed E-state index contributed by atoms with van der Waals surface area (Å²) in [6, 6.07) is 5.50. The second kappa shape index (κ2) is 5.29. The molecule has 0 spiro atoms. The van der Waals surface area contributed by atoms with Crippen molar-refractivity contribution < 1.29 is 4.79 Å². The highest BCUT2D eigenvalue weighted by molar-refractivity contribution is 5.84. The van der Waals surface area contributed by atoms with Crippen LogP contribution < -0.4 is 11.1 Å². The molecule has 1 saturated heterocycles. The highest BCUT2D eigenvalue weighted by Crippen LogP contribution is 2.19. The molecule has 4 nitrogen and oxygen atoms in total. The maximum Gasteiger partial charge on any atom is 0.244 e. The Hall–Kier alpha value is -1.71. The fourth-order valence-electron chi connectivity index (χ4n) is 2.36. The third kappa shape index (κ3) is 2.75. The largest absolute Gasteiger partial charge is 0.399 e. The van der Waals surface area contributed by atoms with Crippen LogP contribution >= 0.6 is 0 Å². The number of hydrogen-bond donors (Lipinski definition) is 2. The molecule has 1 aromatic rings. The zero-order chi connectivity index (χ0) is 13.1. The number of nitrogens with two attached hydrogens (primary N) is 1. The molecule has 1 aliphatic rings. The molecule has 4 heteroatoms. The van der Waals surface area contributed by atoms with Gasteiger partial charge in [0.2, 0.25) is 5.91 Å². The number of nitrogens with zero attached hydrogens (tertiary/aromatic N) is 1. The molecule has 1 unspecified atom stereocenters. The Morgan fingerprint density at radius 3 is 2.67 bits per heavy atom. The molecular formula is C14H21N3O. The van der Waals surface area contributed by atoms with Gasteiger partial charge in [-0.05, 0) is 50.5 Å². The average molecular weight is 247 g/mol. The van der Waals surface area contributed by atoms with Crippen LogP contribution in [0.1, 0.15) is 25.3 Å². The van der Waals surface area contributed by atoms with Crippen LogP contribution in [0.25, 0.3) is 0 Å². The van der Waals surface area contributed by atoms with E-state index in [2.05, 4.69) is 5.32 Å². The summed E-state index contributed by atoms with van der Waals surface area (Å²) in [7, 11) is 0. The van der Waals surface area contributed by atoms with Gasteiger partial charge in [-0.1, -0.05) is 0 Å². The molecule has 3 N–H and O–H groups in total. The molecule has 98 valence electrons. The lowest BCUT2D eigenvalue weighted by molar-refractivity contribution is -0.130. The normalized spacial score (nSPS) is 16.7. The highest BCUT2D eigenvalue weighted by Gasteiger charge is 2.23. The van der Waals surface area contributed by atoms with Gasteiger partial charge in [-0.25, -0.2) is 0 Å². The molecule has 1 fully saturated rings. The van der Waals surface area contributed by atoms with E-state index in [4.69, 9.17) is 5.73 Å². The zero-order valence-electron chi connectivity index (χ0n) is 11.1. The first-order valence-corrected chi connectivity index (χ1v) is 6.49. The first kappa shape index (κ1) is 12.7. The smallest absolute Gasteiger partial charge is 0.244 e. The van der Waals surface area contributed by atoms with Gasteiger partial charge in [-0.2, -0.15) is 0 Å². The number of likely N-dealkylation sites (tertiary alicyclic amines) is 1. The van der Waals surface area contributed by atoms with E-state index < -0.39 is 0 Å². The summed E-state index contributed by atoms with van der Waals surface area (Å²) in [6.45, 7) is 5.69. The van der Waals surface area contributed by atoms with Crippen molar-refractivity contribution in [3.05, 3.63) is 23.8 Å². The SMILES string of the molecule is Cc1cc(N)ccc1NC(C)C(=O)N1CCCC1. The van der Waals surface area contributed by atoms with Gasteiger partial charge >= 0.3 is 0 Å². The van der Waals surface area contributed by atoms with Crippen molar-refractivity contribution >= 4 is 17.3 Å². The van der Waals surface area contributed by atoms with Crippen molar-refractivity contribution in [1.29, 1.82) is 0 Å². The van der Waals surface area contributed by atoms with Crippen LogP contribution in [0, 0.1) is 6.92 Å². The summed E-state index contributed by atoms with van der Waals surface area (Å²) in [5, 5.41) is 3.27. The summed E-state index contributed by atoms with van der Waals surface area (Å²) < 4.78 is 0. The molecule has 0 saturated carbocycles. The number of hydrogen-bond acceptors (Lipinski definition) is 3. The first-order valence-electron chi connectivity index (χ1n) is 6.49. The molecule has 18 heavy (non-hydrogen) atoms. The predicted molar refractivity (Wildman–Crippen MR) is 74.5 cm³/mol. The van der Waals surface area contributed by atoms with Crippen molar-refractivity contribution in [1.82, 2.24) is 4.90 Å². The second-order valence-corrected chi connectivity index (χ2v) is 4.97. The second-order valence-electron chi connectivity index (χ2n) is 4.97. The topological polar surface area (TPSA) is 58.4 Å². The lowest BCUT2D eigenvalue weighted by Crippen LogP contribution is -2.39. The van der Waals surface area contributed by atoms with Crippen LogP contribution in [-0.2, 0) is 4.79 Å². The third-order valence-corrected chi connectivity index (χ3v) is 3.41. The Balaban J connectivity index is 2.01. The van der Waals surface area contributed by atoms with Gasteiger partial charge in [0, 0.05) is 24.5 Å². The predicted octanol–water partition coefficient (Wildman–Crippen LogP) is 2.00. The minimum atomic E-state index is -0.189. The zero-order valence-corrected chi connectivity index (χ0v) is 11.1. The maximum absolute atomic E-state index is 12.2. The Morgan fingerprint density at radius 1 is 1.39 bits per heavy atom. The molecule has 1 heterocycles. The van der Waals surface area contributed by atoms with Crippen molar-refractivity contribution in [2.24, 2.45) is 0 Å². The van der Waals surface area contributed by atoms with Gasteiger partial charge < -0.3 is 16.0 Å². The van der Waals surface area contributed by atoms with E-state index >= 15 is 0 Å². The van der Waals surface area contributed by atoms with Gasteiger partial charge in [0.15, 0.2) is 0 Å². The minimum absolute atomic E-state index is 0.184. The highest BCUT2D eigenvalue weighted by atomic mass is 16.2. The van der Waals surface area contributed by atoms with Crippen LogP contribution in [0.2, 0.25) is 0 Å². The first-order chi connectivity index (χ1) is 8.58. The third-order valence-electron chi connectivity index (χ3n) is 3.41.